The molecule has 1 unspecified atom stereocenters. The molecule has 0 saturated heterocycles. The molecule has 4 N–H and O–H groups in total. The summed E-state index contributed by atoms with van der Waals surface area (Å²) >= 11 is 0. The summed E-state index contributed by atoms with van der Waals surface area (Å²) in [5.41, 5.74) is 4.30. The quantitative estimate of drug-likeness (QED) is 0.673. The fourth-order valence-corrected chi connectivity index (χ4v) is 3.01. The number of fused-ring (bicyclic) bond motifs is 1. The zero-order chi connectivity index (χ0) is 17.5. The Morgan fingerprint density at radius 3 is 2.88 bits per heavy atom. The maximum Gasteiger partial charge on any atom is 0.351 e. The van der Waals surface area contributed by atoms with Crippen molar-refractivity contribution in [1.29, 1.82) is 0 Å². The maximum atomic E-state index is 14.3. The van der Waals surface area contributed by atoms with Gasteiger partial charge < -0.3 is 24.8 Å². The van der Waals surface area contributed by atoms with Crippen molar-refractivity contribution < 1.29 is 27.9 Å². The molecule has 0 aromatic carbocycles. The number of allylic oxidation sites excluding steroid dienone is 1. The number of halogens is 2. The van der Waals surface area contributed by atoms with E-state index in [0.29, 0.717) is 11.2 Å². The fraction of sp³-hybridized carbons (Fsp3) is 0.417. The fourth-order valence-electron chi connectivity index (χ4n) is 2.60. The van der Waals surface area contributed by atoms with Crippen LogP contribution in [0.3, 0.4) is 0 Å². The monoisotopic (exact) mass is 361 g/mol. The average Bonchev–Trinajstić information content (AvgIpc) is 3.07. The van der Waals surface area contributed by atoms with Crippen molar-refractivity contribution in [3.05, 3.63) is 24.6 Å². The van der Waals surface area contributed by atoms with Gasteiger partial charge in [-0.05, 0) is 6.08 Å². The lowest BCUT2D eigenvalue weighted by atomic mass is 10.0. The van der Waals surface area contributed by atoms with Crippen LogP contribution in [0, 0.1) is 0 Å². The van der Waals surface area contributed by atoms with Gasteiger partial charge in [0.05, 0.1) is 12.4 Å². The first-order valence-corrected chi connectivity index (χ1v) is 8.61. The molecular formula is C12H14F2N5O4P. The SMILES string of the molecule is Nc1ncnc2c1ncn2C1C=C(F)[C@@](CF)(OCP(=O)(O)O)C1. The van der Waals surface area contributed by atoms with Crippen LogP contribution < -0.4 is 5.73 Å². The molecule has 0 amide bonds. The molecule has 0 bridgehead atoms. The molecule has 2 aromatic rings. The van der Waals surface area contributed by atoms with Crippen molar-refractivity contribution in [1.82, 2.24) is 19.5 Å². The molecule has 1 aliphatic rings. The number of aromatic nitrogens is 4. The van der Waals surface area contributed by atoms with E-state index in [1.807, 2.05) is 0 Å². The second-order valence-corrected chi connectivity index (χ2v) is 7.02. The highest BCUT2D eigenvalue weighted by atomic mass is 31.2. The van der Waals surface area contributed by atoms with Crippen LogP contribution >= 0.6 is 7.60 Å². The largest absolute Gasteiger partial charge is 0.382 e. The number of nitrogens with two attached hydrogens (primary N) is 1. The lowest BCUT2D eigenvalue weighted by Gasteiger charge is -2.27. The second-order valence-electron chi connectivity index (χ2n) is 5.44. The smallest absolute Gasteiger partial charge is 0.351 e. The summed E-state index contributed by atoms with van der Waals surface area (Å²) in [6.07, 6.45) is 2.41. The van der Waals surface area contributed by atoms with Gasteiger partial charge in [-0.3, -0.25) is 4.57 Å². The Balaban J connectivity index is 1.92. The molecule has 3 rings (SSSR count). The first kappa shape index (κ1) is 16.9. The minimum absolute atomic E-state index is 0.149. The van der Waals surface area contributed by atoms with Gasteiger partial charge in [0.25, 0.3) is 0 Å². The van der Waals surface area contributed by atoms with Crippen LogP contribution in [-0.2, 0) is 9.30 Å². The summed E-state index contributed by atoms with van der Waals surface area (Å²) in [4.78, 5) is 29.6. The van der Waals surface area contributed by atoms with Gasteiger partial charge in [0.15, 0.2) is 17.1 Å². The highest BCUT2D eigenvalue weighted by Crippen LogP contribution is 2.45. The molecule has 0 saturated carbocycles. The molecule has 0 fully saturated rings. The highest BCUT2D eigenvalue weighted by molar-refractivity contribution is 7.51. The summed E-state index contributed by atoms with van der Waals surface area (Å²) in [6.45, 7) is -1.27. The van der Waals surface area contributed by atoms with Gasteiger partial charge in [-0.1, -0.05) is 0 Å². The van der Waals surface area contributed by atoms with E-state index in [-0.39, 0.29) is 12.2 Å². The average molecular weight is 361 g/mol. The van der Waals surface area contributed by atoms with Gasteiger partial charge in [0.1, 0.15) is 30.7 Å². The van der Waals surface area contributed by atoms with Crippen LogP contribution in [0.15, 0.2) is 24.6 Å². The maximum absolute atomic E-state index is 14.3. The summed E-state index contributed by atoms with van der Waals surface area (Å²) in [5.74, 6) is -0.789. The molecule has 130 valence electrons. The molecule has 1 aliphatic carbocycles. The Bertz CT molecular complexity index is 853. The van der Waals surface area contributed by atoms with E-state index in [9.17, 15) is 13.3 Å². The number of imidazole rings is 1. The van der Waals surface area contributed by atoms with Crippen LogP contribution in [0.25, 0.3) is 11.2 Å². The molecule has 24 heavy (non-hydrogen) atoms. The summed E-state index contributed by atoms with van der Waals surface area (Å²) in [5, 5.41) is 0. The van der Waals surface area contributed by atoms with E-state index in [4.69, 9.17) is 20.3 Å². The highest BCUT2D eigenvalue weighted by Gasteiger charge is 2.46. The Labute approximate surface area is 134 Å². The molecule has 2 heterocycles. The van der Waals surface area contributed by atoms with Crippen molar-refractivity contribution in [2.45, 2.75) is 18.1 Å². The van der Waals surface area contributed by atoms with Gasteiger partial charge in [0.2, 0.25) is 0 Å². The lowest BCUT2D eigenvalue weighted by molar-refractivity contribution is -0.0332. The first-order valence-electron chi connectivity index (χ1n) is 6.81. The van der Waals surface area contributed by atoms with Gasteiger partial charge in [-0.2, -0.15) is 0 Å². The third kappa shape index (κ3) is 2.91. The minimum atomic E-state index is -4.56. The third-order valence-corrected chi connectivity index (χ3v) is 4.25. The topological polar surface area (TPSA) is 136 Å². The summed E-state index contributed by atoms with van der Waals surface area (Å²) in [7, 11) is -4.56. The molecule has 0 aliphatic heterocycles. The van der Waals surface area contributed by atoms with E-state index < -0.39 is 38.1 Å². The van der Waals surface area contributed by atoms with Crippen LogP contribution in [0.1, 0.15) is 12.5 Å². The Morgan fingerprint density at radius 2 is 2.21 bits per heavy atom. The van der Waals surface area contributed by atoms with Crippen molar-refractivity contribution >= 4 is 24.6 Å². The molecule has 0 spiro atoms. The molecule has 0 radical (unpaired) electrons. The van der Waals surface area contributed by atoms with Crippen LogP contribution in [0.5, 0.6) is 0 Å². The standard InChI is InChI=1S/C12H14F2N5O4P/c13-3-12(23-6-24(20,21)22)2-7(1-8(12)14)19-5-18-9-10(15)16-4-17-11(9)19/h1,4-5,7H,2-3,6H2,(H2,15,16,17)(H2,20,21,22)/t7?,12-/m1/s1. The lowest BCUT2D eigenvalue weighted by Crippen LogP contribution is -2.35. The van der Waals surface area contributed by atoms with E-state index in [1.165, 1.54) is 17.2 Å². The normalized spacial score (nSPS) is 24.5. The van der Waals surface area contributed by atoms with Crippen LogP contribution in [0.2, 0.25) is 0 Å². The van der Waals surface area contributed by atoms with Crippen molar-refractivity contribution in [3.63, 3.8) is 0 Å². The van der Waals surface area contributed by atoms with E-state index in [0.717, 1.165) is 6.08 Å². The van der Waals surface area contributed by atoms with Gasteiger partial charge in [-0.25, -0.2) is 23.7 Å². The molecular weight excluding hydrogens is 347 g/mol. The number of hydrogen-bond acceptors (Lipinski definition) is 6. The Kier molecular flexibility index (Phi) is 4.12. The summed E-state index contributed by atoms with van der Waals surface area (Å²) < 4.78 is 45.1. The predicted octanol–water partition coefficient (Wildman–Crippen LogP) is 1.07. The zero-order valence-corrected chi connectivity index (χ0v) is 13.1. The van der Waals surface area contributed by atoms with E-state index in [1.54, 1.807) is 0 Å². The third-order valence-electron chi connectivity index (χ3n) is 3.78. The van der Waals surface area contributed by atoms with Crippen molar-refractivity contribution in [2.75, 3.05) is 18.8 Å². The Morgan fingerprint density at radius 1 is 1.46 bits per heavy atom. The van der Waals surface area contributed by atoms with Gasteiger partial charge in [-0.15, -0.1) is 0 Å². The first-order chi connectivity index (χ1) is 11.3. The number of nitrogens with zero attached hydrogens (tertiary/aromatic N) is 4. The van der Waals surface area contributed by atoms with Gasteiger partial charge >= 0.3 is 7.60 Å². The van der Waals surface area contributed by atoms with Crippen LogP contribution in [-0.4, -0.2) is 47.9 Å². The molecule has 2 aromatic heterocycles. The number of hydrogen-bond donors (Lipinski definition) is 3. The van der Waals surface area contributed by atoms with Crippen LogP contribution in [0.4, 0.5) is 14.6 Å². The minimum Gasteiger partial charge on any atom is -0.382 e. The van der Waals surface area contributed by atoms with Crippen molar-refractivity contribution in [2.24, 2.45) is 0 Å². The van der Waals surface area contributed by atoms with E-state index in [2.05, 4.69) is 15.0 Å². The molecule has 9 nitrogen and oxygen atoms in total. The second kappa shape index (κ2) is 5.85. The predicted molar refractivity (Wildman–Crippen MR) is 79.3 cm³/mol. The van der Waals surface area contributed by atoms with Crippen molar-refractivity contribution in [3.8, 4) is 0 Å². The molecule has 12 heteroatoms. The van der Waals surface area contributed by atoms with Gasteiger partial charge in [0, 0.05) is 6.42 Å². The number of alkyl halides is 1. The summed E-state index contributed by atoms with van der Waals surface area (Å²) in [6, 6.07) is -0.697. The number of anilines is 1. The Hall–Kier alpha value is -1.94. The molecule has 2 atom stereocenters. The van der Waals surface area contributed by atoms with E-state index >= 15 is 0 Å². The number of rotatable bonds is 5. The number of ether oxygens (including phenoxy) is 1. The number of nitrogen functional groups attached to an aromatic ring is 1. The zero-order valence-electron chi connectivity index (χ0n) is 12.2.